The summed E-state index contributed by atoms with van der Waals surface area (Å²) in [4.78, 5) is 12.4. The predicted molar refractivity (Wildman–Crippen MR) is 175 cm³/mol. The number of nitriles is 1. The first-order valence-electron chi connectivity index (χ1n) is 13.6. The number of nitrogens with one attached hydrogen (secondary N) is 2. The first kappa shape index (κ1) is 40.7. The van der Waals surface area contributed by atoms with Crippen molar-refractivity contribution in [3.8, 4) is 6.07 Å². The zero-order valence-corrected chi connectivity index (χ0v) is 27.1. The molecule has 0 atom stereocenters. The molecule has 14 heteroatoms. The maximum Gasteiger partial charge on any atom is 0.418 e. The van der Waals surface area contributed by atoms with Gasteiger partial charge in [0.1, 0.15) is 5.82 Å². The molecule has 0 radical (unpaired) electrons. The van der Waals surface area contributed by atoms with Crippen LogP contribution in [0.3, 0.4) is 0 Å². The summed E-state index contributed by atoms with van der Waals surface area (Å²) in [6.45, 7) is 7.88. The van der Waals surface area contributed by atoms with E-state index in [4.69, 9.17) is 15.5 Å². The second kappa shape index (κ2) is 21.4. The molecule has 0 spiro atoms. The summed E-state index contributed by atoms with van der Waals surface area (Å²) in [5.41, 5.74) is 1.34. The number of rotatable bonds is 6. The third-order valence-electron chi connectivity index (χ3n) is 5.54. The van der Waals surface area contributed by atoms with Crippen molar-refractivity contribution >= 4 is 52.8 Å². The number of aromatic nitrogens is 2. The topological polar surface area (TPSA) is 121 Å². The molecule has 44 heavy (non-hydrogen) atoms. The third-order valence-corrected chi connectivity index (χ3v) is 5.54. The Labute approximate surface area is 269 Å². The van der Waals surface area contributed by atoms with Crippen molar-refractivity contribution in [3.05, 3.63) is 65.9 Å². The van der Waals surface area contributed by atoms with E-state index < -0.39 is 11.7 Å². The summed E-state index contributed by atoms with van der Waals surface area (Å²) in [7, 11) is 1.96. The number of aliphatic hydroxyl groups excluding tert-OH is 2. The van der Waals surface area contributed by atoms with Crippen LogP contribution < -0.4 is 15.5 Å². The van der Waals surface area contributed by atoms with Gasteiger partial charge in [-0.2, -0.15) is 23.4 Å². The monoisotopic (exact) mass is 659 g/mol. The average molecular weight is 661 g/mol. The van der Waals surface area contributed by atoms with Gasteiger partial charge in [0, 0.05) is 68.5 Å². The first-order chi connectivity index (χ1) is 20.5. The fraction of sp³-hybridized carbons (Fsp3) is 0.433. The summed E-state index contributed by atoms with van der Waals surface area (Å²) < 4.78 is 41.6. The van der Waals surface area contributed by atoms with E-state index >= 15 is 0 Å². The van der Waals surface area contributed by atoms with Gasteiger partial charge in [0.15, 0.2) is 0 Å². The number of piperazine rings is 1. The summed E-state index contributed by atoms with van der Waals surface area (Å²) in [6.07, 6.45) is -1.38. The molecule has 0 unspecified atom stereocenters. The maximum absolute atomic E-state index is 13.9. The number of hydrogen-bond donors (Lipinski definition) is 4. The highest BCUT2D eigenvalue weighted by Gasteiger charge is 2.35. The van der Waals surface area contributed by atoms with Crippen molar-refractivity contribution in [2.24, 2.45) is 0 Å². The molecule has 2 heterocycles. The maximum atomic E-state index is 13.9. The molecule has 0 saturated carbocycles. The molecule has 0 bridgehead atoms. The van der Waals surface area contributed by atoms with Crippen LogP contribution in [-0.2, 0) is 12.6 Å². The van der Waals surface area contributed by atoms with E-state index in [1.54, 1.807) is 37.8 Å². The highest BCUT2D eigenvalue weighted by molar-refractivity contribution is 6.15. The van der Waals surface area contributed by atoms with Gasteiger partial charge in [-0.05, 0) is 69.8 Å². The molecule has 4 rings (SSSR count). The molecule has 9 nitrogen and oxygen atoms in total. The van der Waals surface area contributed by atoms with Crippen LogP contribution in [0.2, 0.25) is 0 Å². The minimum atomic E-state index is -4.49. The average Bonchev–Trinajstić information content (AvgIpc) is 2.95. The van der Waals surface area contributed by atoms with E-state index in [1.165, 1.54) is 18.6 Å². The number of benzene rings is 2. The van der Waals surface area contributed by atoms with E-state index in [9.17, 15) is 13.2 Å². The molecule has 2 aromatic carbocycles. The zero-order chi connectivity index (χ0) is 32.4. The Hall–Kier alpha value is -3.34. The van der Waals surface area contributed by atoms with Gasteiger partial charge in [-0.1, -0.05) is 12.1 Å². The minimum Gasteiger partial charge on any atom is -0.397 e. The molecule has 1 fully saturated rings. The number of alkyl halides is 4. The lowest BCUT2D eigenvalue weighted by Gasteiger charge is -2.35. The fourth-order valence-electron chi connectivity index (χ4n) is 3.78. The molecule has 3 aromatic rings. The van der Waals surface area contributed by atoms with E-state index in [2.05, 4.69) is 43.2 Å². The largest absolute Gasteiger partial charge is 0.418 e. The number of likely N-dealkylation sites (N-methyl/N-ethyl adjacent to an activating group) is 1. The lowest BCUT2D eigenvalue weighted by Crippen LogP contribution is -2.45. The minimum absolute atomic E-state index is 0. The molecule has 1 aromatic heterocycles. The van der Waals surface area contributed by atoms with Gasteiger partial charge in [0.25, 0.3) is 0 Å². The van der Waals surface area contributed by atoms with Gasteiger partial charge in [-0.3, -0.25) is 0 Å². The Bertz CT molecular complexity index is 1270. The Morgan fingerprint density at radius 3 is 2.18 bits per heavy atom. The van der Waals surface area contributed by atoms with Crippen molar-refractivity contribution in [3.63, 3.8) is 0 Å². The van der Waals surface area contributed by atoms with Crippen LogP contribution in [-0.4, -0.2) is 77.4 Å². The molecule has 4 N–H and O–H groups in total. The Balaban J connectivity index is 0.00000165. The van der Waals surface area contributed by atoms with Crippen molar-refractivity contribution in [2.45, 2.75) is 39.5 Å². The van der Waals surface area contributed by atoms with Crippen LogP contribution in [0, 0.1) is 11.3 Å². The second-order valence-electron chi connectivity index (χ2n) is 9.48. The van der Waals surface area contributed by atoms with Gasteiger partial charge in [-0.15, -0.1) is 24.0 Å². The standard InChI is InChI=1S/C24H24F3N7.C3H8O.C2H6O.CH3Cl.ClH/c1-33-11-13-34(14-12-33)21-6-5-19(16-20(21)24(25,26)27)31-23-29-10-8-22(32-23)30-18-4-2-3-17(15-18)7-9-28;1-3(2)4;1-2-3;1-2;/h2-6,8,10,15-16H,7,11-14H2,1H3,(H2,29,30,31,32);3-4H,1-2H3;3H,2H2,1H3;1H3;1H. The van der Waals surface area contributed by atoms with Gasteiger partial charge in [0.2, 0.25) is 5.95 Å². The van der Waals surface area contributed by atoms with Gasteiger partial charge in [-0.25, -0.2) is 4.98 Å². The van der Waals surface area contributed by atoms with Crippen LogP contribution in [0.5, 0.6) is 0 Å². The molecule has 1 saturated heterocycles. The third kappa shape index (κ3) is 14.9. The number of aliphatic hydroxyl groups is 2. The second-order valence-corrected chi connectivity index (χ2v) is 9.48. The van der Waals surface area contributed by atoms with Crippen LogP contribution >= 0.6 is 24.0 Å². The number of nitrogens with zero attached hydrogens (tertiary/aromatic N) is 5. The molecular formula is C30H42Cl2F3N7O2. The van der Waals surface area contributed by atoms with Gasteiger partial charge < -0.3 is 30.6 Å². The SMILES string of the molecule is CC(C)O.CCO.CCl.CN1CCN(c2ccc(Nc3nccc(Nc4cccc(CC#N)c4)n3)cc2C(F)(F)F)CC1.Cl. The number of halogens is 5. The molecule has 244 valence electrons. The van der Waals surface area contributed by atoms with E-state index in [-0.39, 0.29) is 48.9 Å². The van der Waals surface area contributed by atoms with Gasteiger partial charge >= 0.3 is 6.18 Å². The van der Waals surface area contributed by atoms with Crippen LogP contribution in [0.1, 0.15) is 31.9 Å². The smallest absolute Gasteiger partial charge is 0.397 e. The van der Waals surface area contributed by atoms with E-state index in [0.29, 0.717) is 32.0 Å². The first-order valence-corrected chi connectivity index (χ1v) is 14.4. The van der Waals surface area contributed by atoms with E-state index in [1.807, 2.05) is 31.3 Å². The van der Waals surface area contributed by atoms with Crippen molar-refractivity contribution in [1.82, 2.24) is 14.9 Å². The van der Waals surface area contributed by atoms with E-state index in [0.717, 1.165) is 17.3 Å². The Morgan fingerprint density at radius 2 is 1.61 bits per heavy atom. The predicted octanol–water partition coefficient (Wildman–Crippen LogP) is 6.46. The summed E-state index contributed by atoms with van der Waals surface area (Å²) in [6, 6.07) is 15.3. The van der Waals surface area contributed by atoms with Crippen LogP contribution in [0.15, 0.2) is 54.7 Å². The Kier molecular flexibility index (Phi) is 19.8. The lowest BCUT2D eigenvalue weighted by atomic mass is 10.1. The summed E-state index contributed by atoms with van der Waals surface area (Å²) in [5.74, 6) is 0.635. The van der Waals surface area contributed by atoms with Crippen LogP contribution in [0.4, 0.5) is 42.0 Å². The highest BCUT2D eigenvalue weighted by Crippen LogP contribution is 2.39. The number of anilines is 5. The molecule has 0 amide bonds. The molecule has 1 aliphatic heterocycles. The quantitative estimate of drug-likeness (QED) is 0.221. The van der Waals surface area contributed by atoms with Crippen molar-refractivity contribution in [1.29, 1.82) is 5.26 Å². The van der Waals surface area contributed by atoms with Gasteiger partial charge in [0.05, 0.1) is 18.1 Å². The van der Waals surface area contributed by atoms with Crippen molar-refractivity contribution in [2.75, 3.05) is 61.7 Å². The molecule has 1 aliphatic rings. The molecular weight excluding hydrogens is 618 g/mol. The zero-order valence-electron chi connectivity index (χ0n) is 25.6. The summed E-state index contributed by atoms with van der Waals surface area (Å²) >= 11 is 4.64. The highest BCUT2D eigenvalue weighted by atomic mass is 35.5. The van der Waals surface area contributed by atoms with Crippen molar-refractivity contribution < 1.29 is 23.4 Å². The summed E-state index contributed by atoms with van der Waals surface area (Å²) in [5, 5.41) is 30.5. The molecule has 0 aliphatic carbocycles. The normalized spacial score (nSPS) is 12.6. The fourth-order valence-corrected chi connectivity index (χ4v) is 3.78. The number of hydrogen-bond acceptors (Lipinski definition) is 9. The van der Waals surface area contributed by atoms with Crippen LogP contribution in [0.25, 0.3) is 0 Å². The lowest BCUT2D eigenvalue weighted by molar-refractivity contribution is -0.137. The Morgan fingerprint density at radius 1 is 1.02 bits per heavy atom.